The van der Waals surface area contributed by atoms with Crippen LogP contribution in [0.3, 0.4) is 0 Å². The van der Waals surface area contributed by atoms with Crippen molar-refractivity contribution >= 4 is 34.3 Å². The molecule has 2 fully saturated rings. The average Bonchev–Trinajstić information content (AvgIpc) is 3.46. The number of nitrogens with one attached hydrogen (secondary N) is 1. The van der Waals surface area contributed by atoms with Crippen LogP contribution in [0.1, 0.15) is 37.0 Å². The van der Waals surface area contributed by atoms with E-state index in [1.807, 2.05) is 0 Å². The van der Waals surface area contributed by atoms with Crippen LogP contribution in [-0.2, 0) is 6.54 Å². The molecular weight excluding hydrogens is 374 g/mol. The van der Waals surface area contributed by atoms with Crippen LogP contribution in [0.2, 0.25) is 0 Å². The van der Waals surface area contributed by atoms with Crippen molar-refractivity contribution in [1.29, 1.82) is 0 Å². The Kier molecular flexibility index (Phi) is 5.09. The Labute approximate surface area is 167 Å². The standard InChI is InChI=1S/C19H25N7OS/c1-2-6-14(5-1)25-8-4-9-26(11-10-25)19-18(20-13-15-7-3-12-28-15)21-16-17(22-19)24-27-23-16/h3,7,12,14H,1-2,4-6,8-11,13H2,(H,20,21,23). The second kappa shape index (κ2) is 8.00. The highest BCUT2D eigenvalue weighted by Gasteiger charge is 2.26. The van der Waals surface area contributed by atoms with Crippen molar-refractivity contribution in [3.8, 4) is 0 Å². The first-order valence-electron chi connectivity index (χ1n) is 10.1. The summed E-state index contributed by atoms with van der Waals surface area (Å²) in [6.45, 7) is 4.89. The van der Waals surface area contributed by atoms with E-state index >= 15 is 0 Å². The van der Waals surface area contributed by atoms with Crippen LogP contribution in [0, 0.1) is 0 Å². The molecule has 1 aliphatic carbocycles. The molecule has 1 saturated heterocycles. The molecule has 3 aromatic heterocycles. The molecule has 9 heteroatoms. The fourth-order valence-corrected chi connectivity index (χ4v) is 4.98. The summed E-state index contributed by atoms with van der Waals surface area (Å²) in [6.07, 6.45) is 6.59. The number of anilines is 2. The molecule has 0 atom stereocenters. The Morgan fingerprint density at radius 3 is 2.71 bits per heavy atom. The van der Waals surface area contributed by atoms with Crippen molar-refractivity contribution < 1.29 is 4.63 Å². The molecule has 2 aliphatic rings. The van der Waals surface area contributed by atoms with E-state index in [9.17, 15) is 0 Å². The van der Waals surface area contributed by atoms with Gasteiger partial charge in [-0.15, -0.1) is 11.3 Å². The quantitative estimate of drug-likeness (QED) is 0.701. The van der Waals surface area contributed by atoms with Gasteiger partial charge < -0.3 is 10.2 Å². The fraction of sp³-hybridized carbons (Fsp3) is 0.579. The Hall–Kier alpha value is -2.26. The molecule has 0 spiro atoms. The monoisotopic (exact) mass is 399 g/mol. The van der Waals surface area contributed by atoms with Crippen molar-refractivity contribution in [1.82, 2.24) is 25.2 Å². The summed E-state index contributed by atoms with van der Waals surface area (Å²) in [4.78, 5) is 15.7. The second-order valence-electron chi connectivity index (χ2n) is 7.56. The Bertz CT molecular complexity index is 906. The van der Waals surface area contributed by atoms with Crippen LogP contribution in [-0.4, -0.2) is 57.4 Å². The minimum absolute atomic E-state index is 0.444. The van der Waals surface area contributed by atoms with Crippen LogP contribution in [0.5, 0.6) is 0 Å². The van der Waals surface area contributed by atoms with Gasteiger partial charge in [0.15, 0.2) is 11.6 Å². The maximum absolute atomic E-state index is 4.84. The van der Waals surface area contributed by atoms with E-state index < -0.39 is 0 Å². The Morgan fingerprint density at radius 1 is 1.04 bits per heavy atom. The maximum Gasteiger partial charge on any atom is 0.245 e. The first-order valence-corrected chi connectivity index (χ1v) is 11.0. The molecule has 0 aromatic carbocycles. The van der Waals surface area contributed by atoms with Gasteiger partial charge in [-0.05, 0) is 41.0 Å². The number of nitrogens with zero attached hydrogens (tertiary/aromatic N) is 6. The average molecular weight is 400 g/mol. The van der Waals surface area contributed by atoms with Crippen molar-refractivity contribution in [2.75, 3.05) is 36.4 Å². The smallest absolute Gasteiger partial charge is 0.245 e. The zero-order valence-electron chi connectivity index (χ0n) is 15.9. The second-order valence-corrected chi connectivity index (χ2v) is 8.59. The number of aromatic nitrogens is 4. The topological polar surface area (TPSA) is 83.2 Å². The number of rotatable bonds is 5. The van der Waals surface area contributed by atoms with Crippen LogP contribution >= 0.6 is 11.3 Å². The Morgan fingerprint density at radius 2 is 1.89 bits per heavy atom. The van der Waals surface area contributed by atoms with Gasteiger partial charge in [-0.3, -0.25) is 4.90 Å². The third kappa shape index (κ3) is 3.68. The van der Waals surface area contributed by atoms with Gasteiger partial charge >= 0.3 is 0 Å². The number of hydrogen-bond donors (Lipinski definition) is 1. The predicted octanol–water partition coefficient (Wildman–Crippen LogP) is 3.14. The molecule has 1 N–H and O–H groups in total. The molecule has 148 valence electrons. The molecule has 0 amide bonds. The molecule has 5 rings (SSSR count). The van der Waals surface area contributed by atoms with E-state index in [1.165, 1.54) is 37.1 Å². The normalized spacial score (nSPS) is 19.4. The van der Waals surface area contributed by atoms with E-state index in [4.69, 9.17) is 9.61 Å². The van der Waals surface area contributed by atoms with Crippen LogP contribution in [0.15, 0.2) is 22.1 Å². The lowest BCUT2D eigenvalue weighted by Crippen LogP contribution is -2.37. The zero-order valence-corrected chi connectivity index (χ0v) is 16.7. The molecule has 0 radical (unpaired) electrons. The van der Waals surface area contributed by atoms with E-state index in [0.717, 1.165) is 50.3 Å². The SMILES string of the molecule is c1csc(CNc2nc3nonc3nc2N2CCCN(C3CCCC3)CC2)c1. The van der Waals surface area contributed by atoms with Crippen molar-refractivity contribution in [3.63, 3.8) is 0 Å². The highest BCUT2D eigenvalue weighted by atomic mass is 32.1. The van der Waals surface area contributed by atoms with Gasteiger partial charge in [-0.2, -0.15) is 0 Å². The maximum atomic E-state index is 4.84. The van der Waals surface area contributed by atoms with E-state index in [2.05, 4.69) is 47.9 Å². The van der Waals surface area contributed by atoms with Gasteiger partial charge in [0.25, 0.3) is 0 Å². The van der Waals surface area contributed by atoms with Crippen molar-refractivity contribution in [2.45, 2.75) is 44.7 Å². The largest absolute Gasteiger partial charge is 0.362 e. The van der Waals surface area contributed by atoms with Gasteiger partial charge in [0, 0.05) is 37.1 Å². The van der Waals surface area contributed by atoms with Crippen LogP contribution in [0.4, 0.5) is 11.6 Å². The highest BCUT2D eigenvalue weighted by molar-refractivity contribution is 7.09. The Balaban J connectivity index is 1.37. The molecule has 0 unspecified atom stereocenters. The van der Waals surface area contributed by atoms with Crippen molar-refractivity contribution in [2.24, 2.45) is 0 Å². The third-order valence-corrected chi connectivity index (χ3v) is 6.65. The first kappa shape index (κ1) is 17.8. The van der Waals surface area contributed by atoms with Gasteiger partial charge in [0.2, 0.25) is 11.3 Å². The van der Waals surface area contributed by atoms with Gasteiger partial charge in [0.1, 0.15) is 0 Å². The predicted molar refractivity (Wildman–Crippen MR) is 110 cm³/mol. The van der Waals surface area contributed by atoms with Gasteiger partial charge in [0.05, 0.1) is 6.54 Å². The van der Waals surface area contributed by atoms with Gasteiger partial charge in [-0.1, -0.05) is 18.9 Å². The number of fused-ring (bicyclic) bond motifs is 1. The summed E-state index contributed by atoms with van der Waals surface area (Å²) in [5.41, 5.74) is 0.911. The number of hydrogen-bond acceptors (Lipinski definition) is 9. The summed E-state index contributed by atoms with van der Waals surface area (Å²) >= 11 is 1.73. The van der Waals surface area contributed by atoms with Crippen LogP contribution in [0.25, 0.3) is 11.3 Å². The molecule has 1 aliphatic heterocycles. The molecule has 1 saturated carbocycles. The summed E-state index contributed by atoms with van der Waals surface area (Å²) in [6, 6.07) is 4.95. The summed E-state index contributed by atoms with van der Waals surface area (Å²) in [5.74, 6) is 1.61. The van der Waals surface area contributed by atoms with Crippen molar-refractivity contribution in [3.05, 3.63) is 22.4 Å². The summed E-state index contributed by atoms with van der Waals surface area (Å²) < 4.78 is 4.84. The number of thiophene rings is 1. The lowest BCUT2D eigenvalue weighted by molar-refractivity contribution is 0.213. The highest BCUT2D eigenvalue weighted by Crippen LogP contribution is 2.28. The lowest BCUT2D eigenvalue weighted by Gasteiger charge is -2.27. The molecule has 3 aromatic rings. The lowest BCUT2D eigenvalue weighted by atomic mass is 10.2. The fourth-order valence-electron chi connectivity index (χ4n) is 4.34. The van der Waals surface area contributed by atoms with E-state index in [-0.39, 0.29) is 0 Å². The summed E-state index contributed by atoms with van der Waals surface area (Å²) in [7, 11) is 0. The summed E-state index contributed by atoms with van der Waals surface area (Å²) in [5, 5.41) is 13.3. The molecular formula is C19H25N7OS. The third-order valence-electron chi connectivity index (χ3n) is 5.78. The molecule has 4 heterocycles. The molecule has 0 bridgehead atoms. The minimum atomic E-state index is 0.444. The van der Waals surface area contributed by atoms with E-state index in [0.29, 0.717) is 11.3 Å². The van der Waals surface area contributed by atoms with Crippen LogP contribution < -0.4 is 10.2 Å². The molecule has 8 nitrogen and oxygen atoms in total. The van der Waals surface area contributed by atoms with E-state index in [1.54, 1.807) is 11.3 Å². The van der Waals surface area contributed by atoms with Gasteiger partial charge in [-0.25, -0.2) is 14.6 Å². The minimum Gasteiger partial charge on any atom is -0.362 e. The first-order chi connectivity index (χ1) is 13.9. The molecule has 28 heavy (non-hydrogen) atoms. The zero-order chi connectivity index (χ0) is 18.8.